The SMILES string of the molecule is COCCOc1cc(N)c(-c2cn(-c3cccc(C#C[Si](C)(C)C)c3)nn2)cc1OCCOC. The first-order valence-corrected chi connectivity index (χ1v) is 14.5. The predicted octanol–water partition coefficient (Wildman–Crippen LogP) is 3.80. The zero-order valence-corrected chi connectivity index (χ0v) is 21.4. The largest absolute Gasteiger partial charge is 0.487 e. The Hall–Kier alpha value is -3.32. The molecule has 1 heterocycles. The first-order chi connectivity index (χ1) is 16.3. The Balaban J connectivity index is 1.90. The lowest BCUT2D eigenvalue weighted by Gasteiger charge is -2.15. The van der Waals surface area contributed by atoms with Crippen LogP contribution in [-0.2, 0) is 9.47 Å². The zero-order chi connectivity index (χ0) is 24.6. The van der Waals surface area contributed by atoms with Crippen LogP contribution in [-0.4, -0.2) is 63.7 Å². The van der Waals surface area contributed by atoms with Crippen molar-refractivity contribution >= 4 is 13.8 Å². The van der Waals surface area contributed by atoms with E-state index in [1.807, 2.05) is 36.5 Å². The molecule has 0 unspecified atom stereocenters. The second-order valence-corrected chi connectivity index (χ2v) is 13.4. The lowest BCUT2D eigenvalue weighted by atomic mass is 10.1. The molecule has 8 nitrogen and oxygen atoms in total. The van der Waals surface area contributed by atoms with E-state index in [-0.39, 0.29) is 0 Å². The molecule has 1 aromatic heterocycles. The molecular weight excluding hydrogens is 448 g/mol. The van der Waals surface area contributed by atoms with Gasteiger partial charge in [-0.25, -0.2) is 4.68 Å². The van der Waals surface area contributed by atoms with Gasteiger partial charge in [-0.05, 0) is 24.3 Å². The van der Waals surface area contributed by atoms with Crippen molar-refractivity contribution in [2.75, 3.05) is 46.4 Å². The number of hydrogen-bond acceptors (Lipinski definition) is 7. The number of ether oxygens (including phenoxy) is 4. The smallest absolute Gasteiger partial charge is 0.163 e. The van der Waals surface area contributed by atoms with E-state index >= 15 is 0 Å². The van der Waals surface area contributed by atoms with Gasteiger partial charge >= 0.3 is 0 Å². The molecule has 3 rings (SSSR count). The van der Waals surface area contributed by atoms with Gasteiger partial charge in [0, 0.05) is 37.1 Å². The minimum absolute atomic E-state index is 0.373. The topological polar surface area (TPSA) is 93.7 Å². The highest BCUT2D eigenvalue weighted by Crippen LogP contribution is 2.37. The molecular formula is C25H32N4O4Si. The third-order valence-corrected chi connectivity index (χ3v) is 5.54. The molecule has 0 atom stereocenters. The number of nitrogens with two attached hydrogens (primary N) is 1. The minimum Gasteiger partial charge on any atom is -0.487 e. The van der Waals surface area contributed by atoms with E-state index in [0.717, 1.165) is 11.3 Å². The molecule has 0 aliphatic carbocycles. The van der Waals surface area contributed by atoms with E-state index in [1.165, 1.54) is 0 Å². The van der Waals surface area contributed by atoms with E-state index < -0.39 is 8.07 Å². The fourth-order valence-corrected chi connectivity index (χ4v) is 3.51. The van der Waals surface area contributed by atoms with Crippen LogP contribution in [0, 0.1) is 11.5 Å². The van der Waals surface area contributed by atoms with Crippen LogP contribution in [0.4, 0.5) is 5.69 Å². The van der Waals surface area contributed by atoms with E-state index in [9.17, 15) is 0 Å². The average Bonchev–Trinajstić information content (AvgIpc) is 3.29. The van der Waals surface area contributed by atoms with Crippen molar-refractivity contribution in [3.63, 3.8) is 0 Å². The van der Waals surface area contributed by atoms with Gasteiger partial charge in [-0.3, -0.25) is 0 Å². The zero-order valence-electron chi connectivity index (χ0n) is 20.4. The fraction of sp³-hybridized carbons (Fsp3) is 0.360. The van der Waals surface area contributed by atoms with Crippen LogP contribution >= 0.6 is 0 Å². The summed E-state index contributed by atoms with van der Waals surface area (Å²) in [6, 6.07) is 11.5. The lowest BCUT2D eigenvalue weighted by molar-refractivity contribution is 0.132. The number of methoxy groups -OCH3 is 2. The Kier molecular flexibility index (Phi) is 8.71. The Morgan fingerprint density at radius 1 is 0.941 bits per heavy atom. The molecule has 180 valence electrons. The maximum atomic E-state index is 6.35. The molecule has 34 heavy (non-hydrogen) atoms. The van der Waals surface area contributed by atoms with Crippen LogP contribution in [0.2, 0.25) is 19.6 Å². The molecule has 9 heteroatoms. The van der Waals surface area contributed by atoms with Crippen molar-refractivity contribution < 1.29 is 18.9 Å². The number of nitrogens with zero attached hydrogens (tertiary/aromatic N) is 3. The summed E-state index contributed by atoms with van der Waals surface area (Å²) in [6.07, 6.45) is 1.83. The molecule has 0 aliphatic heterocycles. The van der Waals surface area contributed by atoms with Crippen LogP contribution in [0.25, 0.3) is 16.9 Å². The molecule has 0 amide bonds. The van der Waals surface area contributed by atoms with Crippen molar-refractivity contribution in [1.29, 1.82) is 0 Å². The Labute approximate surface area is 202 Å². The summed E-state index contributed by atoms with van der Waals surface area (Å²) in [5.41, 5.74) is 13.4. The normalized spacial score (nSPS) is 11.1. The highest BCUT2D eigenvalue weighted by Gasteiger charge is 2.16. The van der Waals surface area contributed by atoms with Crippen LogP contribution in [0.3, 0.4) is 0 Å². The number of nitrogen functional groups attached to an aromatic ring is 1. The molecule has 2 N–H and O–H groups in total. The van der Waals surface area contributed by atoms with Gasteiger partial charge < -0.3 is 24.7 Å². The molecule has 0 fully saturated rings. The van der Waals surface area contributed by atoms with E-state index in [2.05, 4.69) is 41.4 Å². The third kappa shape index (κ3) is 7.09. The lowest BCUT2D eigenvalue weighted by Crippen LogP contribution is -2.16. The standard InChI is InChI=1S/C25H32N4O4Si/c1-30-10-12-32-24-16-21(22(26)17-25(24)33-13-11-31-2)23-18-29(28-27-23)20-8-6-7-19(15-20)9-14-34(3,4)5/h6-8,15-18H,10-13,26H2,1-5H3. The first kappa shape index (κ1) is 25.3. The molecule has 0 radical (unpaired) electrons. The van der Waals surface area contributed by atoms with Gasteiger partial charge in [0.1, 0.15) is 27.0 Å². The summed E-state index contributed by atoms with van der Waals surface area (Å²) in [6.45, 7) is 8.32. The summed E-state index contributed by atoms with van der Waals surface area (Å²) in [4.78, 5) is 0. The fourth-order valence-electron chi connectivity index (χ4n) is 2.99. The van der Waals surface area contributed by atoms with Gasteiger partial charge in [-0.1, -0.05) is 36.8 Å². The number of hydrogen-bond donors (Lipinski definition) is 1. The Morgan fingerprint density at radius 2 is 1.62 bits per heavy atom. The van der Waals surface area contributed by atoms with Crippen LogP contribution in [0.1, 0.15) is 5.56 Å². The maximum absolute atomic E-state index is 6.35. The minimum atomic E-state index is -1.46. The molecule has 0 aliphatic rings. The molecule has 3 aromatic rings. The third-order valence-electron chi connectivity index (χ3n) is 4.67. The summed E-state index contributed by atoms with van der Waals surface area (Å²) in [5.74, 6) is 4.37. The maximum Gasteiger partial charge on any atom is 0.163 e. The Morgan fingerprint density at radius 3 is 2.26 bits per heavy atom. The number of anilines is 1. The van der Waals surface area contributed by atoms with Crippen molar-refractivity contribution in [1.82, 2.24) is 15.0 Å². The molecule has 0 bridgehead atoms. The highest BCUT2D eigenvalue weighted by atomic mass is 28.3. The number of benzene rings is 2. The highest BCUT2D eigenvalue weighted by molar-refractivity contribution is 6.83. The van der Waals surface area contributed by atoms with Crippen LogP contribution in [0.5, 0.6) is 11.5 Å². The van der Waals surface area contributed by atoms with Crippen molar-refractivity contribution in [2.45, 2.75) is 19.6 Å². The summed E-state index contributed by atoms with van der Waals surface area (Å²) in [7, 11) is 1.78. The van der Waals surface area contributed by atoms with Gasteiger partial charge in [-0.15, -0.1) is 10.6 Å². The van der Waals surface area contributed by atoms with Gasteiger partial charge in [0.2, 0.25) is 0 Å². The summed E-state index contributed by atoms with van der Waals surface area (Å²) < 4.78 is 23.5. The molecule has 0 saturated heterocycles. The summed E-state index contributed by atoms with van der Waals surface area (Å²) >= 11 is 0. The monoisotopic (exact) mass is 480 g/mol. The second kappa shape index (κ2) is 11.7. The number of rotatable bonds is 10. The first-order valence-electron chi connectivity index (χ1n) is 11.0. The van der Waals surface area contributed by atoms with Crippen LogP contribution in [0.15, 0.2) is 42.6 Å². The molecule has 2 aromatic carbocycles. The van der Waals surface area contributed by atoms with E-state index in [1.54, 1.807) is 25.0 Å². The molecule has 0 spiro atoms. The van der Waals surface area contributed by atoms with Crippen molar-refractivity contribution in [2.24, 2.45) is 0 Å². The van der Waals surface area contributed by atoms with E-state index in [0.29, 0.717) is 54.9 Å². The molecule has 0 saturated carbocycles. The average molecular weight is 481 g/mol. The Bertz CT molecular complexity index is 1160. The van der Waals surface area contributed by atoms with Crippen molar-refractivity contribution in [3.8, 4) is 39.9 Å². The van der Waals surface area contributed by atoms with Crippen molar-refractivity contribution in [3.05, 3.63) is 48.2 Å². The summed E-state index contributed by atoms with van der Waals surface area (Å²) in [5, 5.41) is 8.65. The van der Waals surface area contributed by atoms with Gasteiger partial charge in [0.05, 0.1) is 25.1 Å². The van der Waals surface area contributed by atoms with Gasteiger partial charge in [0.15, 0.2) is 11.5 Å². The van der Waals surface area contributed by atoms with E-state index in [4.69, 9.17) is 24.7 Å². The van der Waals surface area contributed by atoms with Gasteiger partial charge in [0.25, 0.3) is 0 Å². The second-order valence-electron chi connectivity index (χ2n) is 8.67. The quantitative estimate of drug-likeness (QED) is 0.204. The predicted molar refractivity (Wildman–Crippen MR) is 136 cm³/mol. The van der Waals surface area contributed by atoms with Crippen LogP contribution < -0.4 is 15.2 Å². The van der Waals surface area contributed by atoms with Gasteiger partial charge in [-0.2, -0.15) is 0 Å². The number of aromatic nitrogens is 3.